The van der Waals surface area contributed by atoms with Crippen LogP contribution in [0.5, 0.6) is 5.75 Å². The molecule has 0 unspecified atom stereocenters. The van der Waals surface area contributed by atoms with Gasteiger partial charge in [-0.25, -0.2) is 8.42 Å². The normalized spacial score (nSPS) is 11.8. The van der Waals surface area contributed by atoms with E-state index in [4.69, 9.17) is 16.3 Å². The van der Waals surface area contributed by atoms with Gasteiger partial charge in [-0.15, -0.1) is 0 Å². The Hall–Kier alpha value is -4.34. The van der Waals surface area contributed by atoms with Gasteiger partial charge in [0.2, 0.25) is 11.8 Å². The Morgan fingerprint density at radius 1 is 0.913 bits per heavy atom. The van der Waals surface area contributed by atoms with E-state index >= 15 is 0 Å². The summed E-state index contributed by atoms with van der Waals surface area (Å²) in [5.41, 5.74) is 3.63. The third-order valence-electron chi connectivity index (χ3n) is 7.72. The summed E-state index contributed by atoms with van der Waals surface area (Å²) in [6.45, 7) is 5.67. The predicted octanol–water partition coefficient (Wildman–Crippen LogP) is 6.33. The molecule has 2 amide bonds. The monoisotopic (exact) mass is 661 g/mol. The first-order valence-electron chi connectivity index (χ1n) is 15.1. The molecular weight excluding hydrogens is 622 g/mol. The van der Waals surface area contributed by atoms with E-state index in [-0.39, 0.29) is 40.2 Å². The van der Waals surface area contributed by atoms with Crippen LogP contribution in [0.15, 0.2) is 102 Å². The van der Waals surface area contributed by atoms with Crippen molar-refractivity contribution in [3.8, 4) is 5.75 Å². The molecule has 10 heteroatoms. The minimum atomic E-state index is -4.30. The van der Waals surface area contributed by atoms with E-state index < -0.39 is 28.5 Å². The Balaban J connectivity index is 1.85. The standard InChI is InChI=1S/C36H40ClN3O5S/c1-5-21-38-36(42)33(22-28-12-7-6-8-13-28)39(24-29-14-10-9-11-27(29)3)35(41)25-40(32-23-30(37)17-20-34(32)45-4)46(43,44)31-18-15-26(2)16-19-31/h6-20,23,33H,5,21-22,24-25H2,1-4H3,(H,38,42)/t33-/m0/s1. The van der Waals surface area contributed by atoms with E-state index in [2.05, 4.69) is 5.32 Å². The van der Waals surface area contributed by atoms with Gasteiger partial charge in [0.05, 0.1) is 17.7 Å². The predicted molar refractivity (Wildman–Crippen MR) is 183 cm³/mol. The molecule has 1 atom stereocenters. The van der Waals surface area contributed by atoms with Crippen LogP contribution in [0.25, 0.3) is 0 Å². The number of nitrogens with zero attached hydrogens (tertiary/aromatic N) is 2. The number of hydrogen-bond acceptors (Lipinski definition) is 5. The van der Waals surface area contributed by atoms with Gasteiger partial charge in [-0.3, -0.25) is 13.9 Å². The fraction of sp³-hybridized carbons (Fsp3) is 0.278. The van der Waals surface area contributed by atoms with Gasteiger partial charge in [-0.2, -0.15) is 0 Å². The quantitative estimate of drug-likeness (QED) is 0.171. The number of benzene rings is 4. The molecule has 0 heterocycles. The van der Waals surface area contributed by atoms with Gasteiger partial charge in [-0.05, 0) is 67.3 Å². The number of carbonyl (C=O) groups is 2. The molecule has 0 radical (unpaired) electrons. The third kappa shape index (κ3) is 8.47. The Kier molecular flexibility index (Phi) is 11.8. The maximum absolute atomic E-state index is 14.6. The highest BCUT2D eigenvalue weighted by Crippen LogP contribution is 2.35. The molecule has 0 bridgehead atoms. The van der Waals surface area contributed by atoms with Gasteiger partial charge in [0, 0.05) is 24.5 Å². The van der Waals surface area contributed by atoms with Crippen LogP contribution in [0.2, 0.25) is 5.02 Å². The van der Waals surface area contributed by atoms with Crippen molar-refractivity contribution in [3.05, 3.63) is 124 Å². The first-order valence-corrected chi connectivity index (χ1v) is 17.0. The van der Waals surface area contributed by atoms with Crippen LogP contribution in [0.4, 0.5) is 5.69 Å². The Morgan fingerprint density at radius 3 is 2.24 bits per heavy atom. The maximum atomic E-state index is 14.6. The largest absolute Gasteiger partial charge is 0.495 e. The smallest absolute Gasteiger partial charge is 0.264 e. The number of amides is 2. The molecule has 8 nitrogen and oxygen atoms in total. The molecule has 4 rings (SSSR count). The zero-order valence-corrected chi connectivity index (χ0v) is 28.1. The van der Waals surface area contributed by atoms with Crippen molar-refractivity contribution in [1.29, 1.82) is 0 Å². The molecule has 0 aliphatic heterocycles. The van der Waals surface area contributed by atoms with Crippen LogP contribution in [0, 0.1) is 13.8 Å². The van der Waals surface area contributed by atoms with Crippen molar-refractivity contribution in [2.45, 2.75) is 51.1 Å². The molecule has 0 aliphatic rings. The van der Waals surface area contributed by atoms with E-state index in [1.165, 1.54) is 30.2 Å². The minimum absolute atomic E-state index is 0.0000863. The van der Waals surface area contributed by atoms with Crippen molar-refractivity contribution in [3.63, 3.8) is 0 Å². The van der Waals surface area contributed by atoms with Crippen LogP contribution in [0.3, 0.4) is 0 Å². The number of sulfonamides is 1. The molecule has 0 aromatic heterocycles. The van der Waals surface area contributed by atoms with Crippen LogP contribution in [-0.2, 0) is 32.6 Å². The van der Waals surface area contributed by atoms with E-state index in [9.17, 15) is 18.0 Å². The highest BCUT2D eigenvalue weighted by Gasteiger charge is 2.35. The summed E-state index contributed by atoms with van der Waals surface area (Å²) in [6.07, 6.45) is 0.950. The first-order chi connectivity index (χ1) is 22.0. The lowest BCUT2D eigenvalue weighted by molar-refractivity contribution is -0.140. The number of hydrogen-bond donors (Lipinski definition) is 1. The highest BCUT2D eigenvalue weighted by molar-refractivity contribution is 7.92. The lowest BCUT2D eigenvalue weighted by atomic mass is 10.0. The summed E-state index contributed by atoms with van der Waals surface area (Å²) in [5, 5.41) is 3.23. The van der Waals surface area contributed by atoms with Crippen LogP contribution in [-0.4, -0.2) is 51.4 Å². The van der Waals surface area contributed by atoms with Crippen molar-refractivity contribution in [1.82, 2.24) is 10.2 Å². The molecule has 0 saturated carbocycles. The van der Waals surface area contributed by atoms with E-state index in [1.54, 1.807) is 24.3 Å². The molecule has 0 spiro atoms. The summed E-state index contributed by atoms with van der Waals surface area (Å²) < 4.78 is 35.2. The highest BCUT2D eigenvalue weighted by atomic mass is 35.5. The van der Waals surface area contributed by atoms with Crippen molar-refractivity contribution < 1.29 is 22.7 Å². The molecule has 4 aromatic rings. The minimum Gasteiger partial charge on any atom is -0.495 e. The second-order valence-corrected chi connectivity index (χ2v) is 13.4. The number of aryl methyl sites for hydroxylation is 2. The average molecular weight is 662 g/mol. The second-order valence-electron chi connectivity index (χ2n) is 11.1. The van der Waals surface area contributed by atoms with Gasteiger partial charge in [0.15, 0.2) is 0 Å². The molecule has 242 valence electrons. The third-order valence-corrected chi connectivity index (χ3v) is 9.73. The topological polar surface area (TPSA) is 96.0 Å². The molecule has 1 N–H and O–H groups in total. The fourth-order valence-electron chi connectivity index (χ4n) is 5.10. The fourth-order valence-corrected chi connectivity index (χ4v) is 6.68. The number of nitrogens with one attached hydrogen (secondary N) is 1. The summed E-state index contributed by atoms with van der Waals surface area (Å²) in [6, 6.07) is 27.1. The summed E-state index contributed by atoms with van der Waals surface area (Å²) in [5.74, 6) is -0.658. The average Bonchev–Trinajstić information content (AvgIpc) is 3.05. The van der Waals surface area contributed by atoms with E-state index in [1.807, 2.05) is 75.4 Å². The number of halogens is 1. The maximum Gasteiger partial charge on any atom is 0.264 e. The lowest BCUT2D eigenvalue weighted by Gasteiger charge is -2.34. The zero-order chi connectivity index (χ0) is 33.3. The van der Waals surface area contributed by atoms with Gasteiger partial charge in [0.25, 0.3) is 10.0 Å². The van der Waals surface area contributed by atoms with Crippen molar-refractivity contribution in [2.24, 2.45) is 0 Å². The van der Waals surface area contributed by atoms with Gasteiger partial charge in [0.1, 0.15) is 18.3 Å². The molecule has 0 fully saturated rings. The molecule has 0 aliphatic carbocycles. The van der Waals surface area contributed by atoms with E-state index in [0.717, 1.165) is 26.6 Å². The van der Waals surface area contributed by atoms with E-state index in [0.29, 0.717) is 13.0 Å². The van der Waals surface area contributed by atoms with Crippen molar-refractivity contribution in [2.75, 3.05) is 24.5 Å². The Labute approximate surface area is 277 Å². The molecule has 46 heavy (non-hydrogen) atoms. The van der Waals surface area contributed by atoms with Crippen LogP contribution >= 0.6 is 11.6 Å². The summed E-state index contributed by atoms with van der Waals surface area (Å²) in [4.78, 5) is 29.9. The first kappa shape index (κ1) is 34.5. The summed E-state index contributed by atoms with van der Waals surface area (Å²) >= 11 is 6.36. The van der Waals surface area contributed by atoms with Crippen LogP contribution in [0.1, 0.15) is 35.6 Å². The second kappa shape index (κ2) is 15.8. The summed E-state index contributed by atoms with van der Waals surface area (Å²) in [7, 11) is -2.88. The van der Waals surface area contributed by atoms with Gasteiger partial charge in [-0.1, -0.05) is 90.8 Å². The number of anilines is 1. The van der Waals surface area contributed by atoms with Crippen molar-refractivity contribution >= 4 is 39.1 Å². The number of carbonyl (C=O) groups excluding carboxylic acids is 2. The molecular formula is C36H40ClN3O5S. The van der Waals surface area contributed by atoms with Crippen LogP contribution < -0.4 is 14.4 Å². The molecule has 0 saturated heterocycles. The zero-order valence-electron chi connectivity index (χ0n) is 26.6. The Morgan fingerprint density at radius 2 is 1.59 bits per heavy atom. The van der Waals surface area contributed by atoms with Gasteiger partial charge < -0.3 is 15.0 Å². The Bertz CT molecular complexity index is 1750. The molecule has 4 aromatic carbocycles. The number of methoxy groups -OCH3 is 1. The SMILES string of the molecule is CCCNC(=O)[C@H](Cc1ccccc1)N(Cc1ccccc1C)C(=O)CN(c1cc(Cl)ccc1OC)S(=O)(=O)c1ccc(C)cc1. The number of rotatable bonds is 14. The van der Waals surface area contributed by atoms with Gasteiger partial charge >= 0.3 is 0 Å². The lowest BCUT2D eigenvalue weighted by Crippen LogP contribution is -2.53. The number of ether oxygens (including phenoxy) is 1.